The van der Waals surface area contributed by atoms with Crippen LogP contribution in [0, 0.1) is 5.92 Å². The maximum absolute atomic E-state index is 12.6. The Morgan fingerprint density at radius 2 is 2.16 bits per heavy atom. The van der Waals surface area contributed by atoms with Gasteiger partial charge in [-0.2, -0.15) is 0 Å². The fourth-order valence-corrected chi connectivity index (χ4v) is 5.53. The molecule has 3 saturated heterocycles. The fourth-order valence-electron chi connectivity index (χ4n) is 3.58. The highest BCUT2D eigenvalue weighted by molar-refractivity contribution is 8.01. The van der Waals surface area contributed by atoms with Crippen molar-refractivity contribution >= 4 is 29.0 Å². The lowest BCUT2D eigenvalue weighted by Gasteiger charge is -2.44. The van der Waals surface area contributed by atoms with E-state index >= 15 is 0 Å². The summed E-state index contributed by atoms with van der Waals surface area (Å²) >= 11 is 3.01. The molecule has 0 unspecified atom stereocenters. The summed E-state index contributed by atoms with van der Waals surface area (Å²) in [5.41, 5.74) is 0. The highest BCUT2D eigenvalue weighted by Crippen LogP contribution is 2.37. The summed E-state index contributed by atoms with van der Waals surface area (Å²) in [6.07, 6.45) is 4.16. The van der Waals surface area contributed by atoms with Gasteiger partial charge in [-0.1, -0.05) is 23.9 Å². The van der Waals surface area contributed by atoms with E-state index in [-0.39, 0.29) is 11.9 Å². The number of rotatable bonds is 5. The van der Waals surface area contributed by atoms with Gasteiger partial charge in [-0.25, -0.2) is 4.98 Å². The molecular weight excluding hydrogens is 354 g/mol. The van der Waals surface area contributed by atoms with Crippen LogP contribution in [0.1, 0.15) is 22.6 Å². The fraction of sp³-hybridized carbons (Fsp3) is 0.444. The summed E-state index contributed by atoms with van der Waals surface area (Å²) in [7, 11) is 1.67. The molecule has 7 heteroatoms. The molecule has 3 fully saturated rings. The first-order valence-corrected chi connectivity index (χ1v) is 10.2. The van der Waals surface area contributed by atoms with Crippen molar-refractivity contribution in [2.75, 3.05) is 26.7 Å². The van der Waals surface area contributed by atoms with Crippen molar-refractivity contribution in [3.8, 4) is 5.75 Å². The number of nitrogens with one attached hydrogen (secondary N) is 1. The summed E-state index contributed by atoms with van der Waals surface area (Å²) in [5.74, 6) is 1.41. The van der Waals surface area contributed by atoms with Gasteiger partial charge in [0.05, 0.1) is 22.4 Å². The third-order valence-electron chi connectivity index (χ3n) is 4.93. The van der Waals surface area contributed by atoms with Gasteiger partial charge >= 0.3 is 0 Å². The van der Waals surface area contributed by atoms with Crippen LogP contribution in [-0.2, 0) is 0 Å². The van der Waals surface area contributed by atoms with E-state index in [2.05, 4.69) is 15.2 Å². The molecule has 5 rings (SSSR count). The second kappa shape index (κ2) is 7.35. The number of para-hydroxylation sites is 1. The number of benzene rings is 1. The Kier molecular flexibility index (Phi) is 4.96. The normalized spacial score (nSPS) is 24.9. The van der Waals surface area contributed by atoms with Crippen LogP contribution in [-0.4, -0.2) is 48.6 Å². The summed E-state index contributed by atoms with van der Waals surface area (Å²) in [4.78, 5) is 20.4. The molecule has 25 heavy (non-hydrogen) atoms. The molecular formula is C18H21N3O2S2. The first-order chi connectivity index (χ1) is 12.2. The van der Waals surface area contributed by atoms with E-state index in [4.69, 9.17) is 4.74 Å². The smallest absolute Gasteiger partial charge is 0.280 e. The van der Waals surface area contributed by atoms with E-state index in [1.165, 1.54) is 37.3 Å². The maximum atomic E-state index is 12.6. The van der Waals surface area contributed by atoms with Crippen LogP contribution >= 0.6 is 23.1 Å². The second-order valence-electron chi connectivity index (χ2n) is 6.46. The molecule has 3 aliphatic heterocycles. The molecule has 0 radical (unpaired) electrons. The van der Waals surface area contributed by atoms with Crippen molar-refractivity contribution in [2.24, 2.45) is 5.92 Å². The molecule has 132 valence electrons. The first-order valence-electron chi connectivity index (χ1n) is 8.53. The highest BCUT2D eigenvalue weighted by Gasteiger charge is 2.35. The van der Waals surface area contributed by atoms with E-state index in [1.54, 1.807) is 25.1 Å². The zero-order chi connectivity index (χ0) is 17.2. The number of hydrogen-bond acceptors (Lipinski definition) is 6. The third kappa shape index (κ3) is 3.68. The van der Waals surface area contributed by atoms with Gasteiger partial charge in [0.1, 0.15) is 5.75 Å². The van der Waals surface area contributed by atoms with Gasteiger partial charge in [-0.3, -0.25) is 4.79 Å². The van der Waals surface area contributed by atoms with E-state index in [0.29, 0.717) is 10.9 Å². The van der Waals surface area contributed by atoms with Crippen molar-refractivity contribution in [3.05, 3.63) is 35.5 Å². The number of fused-ring (bicyclic) bond motifs is 3. The van der Waals surface area contributed by atoms with Crippen molar-refractivity contribution < 1.29 is 9.53 Å². The molecule has 2 bridgehead atoms. The standard InChI is InChI=1S/C18H21N3O2S2/c1-23-14-4-2-3-5-15(14)24-16-10-19-18(25-16)17(22)20-13-11-21-8-6-12(13)7-9-21/h2-5,10,12-13H,6-9,11H2,1H3,(H,20,22)/t13-/m0/s1. The quantitative estimate of drug-likeness (QED) is 0.870. The minimum Gasteiger partial charge on any atom is -0.496 e. The van der Waals surface area contributed by atoms with Crippen LogP contribution < -0.4 is 10.1 Å². The van der Waals surface area contributed by atoms with E-state index in [9.17, 15) is 4.79 Å². The Morgan fingerprint density at radius 1 is 1.36 bits per heavy atom. The number of piperidine rings is 3. The van der Waals surface area contributed by atoms with E-state index in [1.807, 2.05) is 24.3 Å². The highest BCUT2D eigenvalue weighted by atomic mass is 32.2. The zero-order valence-electron chi connectivity index (χ0n) is 14.1. The molecule has 0 aliphatic carbocycles. The van der Waals surface area contributed by atoms with Crippen LogP contribution in [0.3, 0.4) is 0 Å². The Bertz CT molecular complexity index is 756. The van der Waals surface area contributed by atoms with Crippen molar-refractivity contribution in [3.63, 3.8) is 0 Å². The van der Waals surface area contributed by atoms with Gasteiger partial charge in [0.15, 0.2) is 5.01 Å². The monoisotopic (exact) mass is 375 g/mol. The van der Waals surface area contributed by atoms with Crippen molar-refractivity contribution in [1.82, 2.24) is 15.2 Å². The number of thiazole rings is 1. The molecule has 1 aromatic carbocycles. The van der Waals surface area contributed by atoms with Crippen molar-refractivity contribution in [1.29, 1.82) is 0 Å². The number of hydrogen-bond donors (Lipinski definition) is 1. The number of nitrogens with zero attached hydrogens (tertiary/aromatic N) is 2. The van der Waals surface area contributed by atoms with Gasteiger partial charge in [0.2, 0.25) is 0 Å². The molecule has 0 saturated carbocycles. The molecule has 0 spiro atoms. The molecule has 1 amide bonds. The number of ether oxygens (including phenoxy) is 1. The molecule has 1 aromatic heterocycles. The Morgan fingerprint density at radius 3 is 2.88 bits per heavy atom. The van der Waals surface area contributed by atoms with Crippen LogP contribution in [0.2, 0.25) is 0 Å². The Labute approximate surface area is 155 Å². The number of aromatic nitrogens is 1. The Hall–Kier alpha value is -1.57. The SMILES string of the molecule is COc1ccccc1Sc1cnc(C(=O)N[C@H]2CN3CCC2CC3)s1. The van der Waals surface area contributed by atoms with E-state index < -0.39 is 0 Å². The molecule has 5 nitrogen and oxygen atoms in total. The van der Waals surface area contributed by atoms with Gasteiger partial charge in [0.25, 0.3) is 5.91 Å². The van der Waals surface area contributed by atoms with E-state index in [0.717, 1.165) is 21.4 Å². The van der Waals surface area contributed by atoms with Crippen LogP contribution in [0.4, 0.5) is 0 Å². The molecule has 3 aliphatic rings. The molecule has 1 atom stereocenters. The number of methoxy groups -OCH3 is 1. The van der Waals surface area contributed by atoms with Gasteiger partial charge in [-0.15, -0.1) is 11.3 Å². The summed E-state index contributed by atoms with van der Waals surface area (Å²) < 4.78 is 6.37. The van der Waals surface area contributed by atoms with Gasteiger partial charge in [0, 0.05) is 12.6 Å². The molecule has 2 aromatic rings. The number of carbonyl (C=O) groups is 1. The summed E-state index contributed by atoms with van der Waals surface area (Å²) in [6, 6.07) is 8.14. The van der Waals surface area contributed by atoms with Gasteiger partial charge in [-0.05, 0) is 44.0 Å². The summed E-state index contributed by atoms with van der Waals surface area (Å²) in [5, 5.41) is 3.74. The topological polar surface area (TPSA) is 54.5 Å². The molecule has 1 N–H and O–H groups in total. The second-order valence-corrected chi connectivity index (χ2v) is 8.83. The predicted molar refractivity (Wildman–Crippen MR) is 99.6 cm³/mol. The lowest BCUT2D eigenvalue weighted by atomic mass is 9.84. The number of amides is 1. The van der Waals surface area contributed by atoms with Crippen LogP contribution in [0.25, 0.3) is 0 Å². The maximum Gasteiger partial charge on any atom is 0.280 e. The lowest BCUT2D eigenvalue weighted by Crippen LogP contribution is -2.57. The lowest BCUT2D eigenvalue weighted by molar-refractivity contribution is 0.0620. The van der Waals surface area contributed by atoms with Crippen molar-refractivity contribution in [2.45, 2.75) is 28.0 Å². The van der Waals surface area contributed by atoms with Crippen LogP contribution in [0.5, 0.6) is 5.75 Å². The first kappa shape index (κ1) is 16.9. The average Bonchev–Trinajstić information content (AvgIpc) is 3.12. The third-order valence-corrected chi connectivity index (χ3v) is 7.09. The van der Waals surface area contributed by atoms with Crippen LogP contribution in [0.15, 0.2) is 39.6 Å². The largest absolute Gasteiger partial charge is 0.496 e. The predicted octanol–water partition coefficient (Wildman–Crippen LogP) is 3.13. The minimum atomic E-state index is -0.0457. The minimum absolute atomic E-state index is 0.0457. The zero-order valence-corrected chi connectivity index (χ0v) is 15.7. The summed E-state index contributed by atoms with van der Waals surface area (Å²) in [6.45, 7) is 3.33. The molecule has 4 heterocycles. The average molecular weight is 376 g/mol. The number of carbonyl (C=O) groups excluding carboxylic acids is 1. The van der Waals surface area contributed by atoms with Gasteiger partial charge < -0.3 is 15.0 Å². The Balaban J connectivity index is 1.41.